The Balaban J connectivity index is 0.00000202. The molecule has 0 unspecified atom stereocenters. The van der Waals surface area contributed by atoms with Gasteiger partial charge in [-0.1, -0.05) is 0 Å². The summed E-state index contributed by atoms with van der Waals surface area (Å²) in [6.07, 6.45) is 9.22. The summed E-state index contributed by atoms with van der Waals surface area (Å²) in [5.74, 6) is 0. The number of fused-ring (bicyclic) bond motifs is 3. The van der Waals surface area contributed by atoms with E-state index in [1.165, 1.54) is 38.9 Å². The number of hydrogen-bond acceptors (Lipinski definition) is 0. The monoisotopic (exact) mass is 668 g/mol. The summed E-state index contributed by atoms with van der Waals surface area (Å²) in [5.41, 5.74) is 11.8. The topological polar surface area (TPSA) is 0 Å². The Hall–Kier alpha value is -2.31. The van der Waals surface area contributed by atoms with Crippen molar-refractivity contribution in [1.29, 1.82) is 0 Å². The third-order valence-corrected chi connectivity index (χ3v) is 16.2. The van der Waals surface area contributed by atoms with E-state index in [9.17, 15) is 0 Å². The fourth-order valence-electron chi connectivity index (χ4n) is 6.22. The van der Waals surface area contributed by atoms with Gasteiger partial charge in [0.2, 0.25) is 0 Å². The molecule has 3 heteroatoms. The zero-order valence-corrected chi connectivity index (χ0v) is 29.5. The van der Waals surface area contributed by atoms with Crippen molar-refractivity contribution >= 4 is 6.48 Å². The van der Waals surface area contributed by atoms with Crippen LogP contribution in [0.3, 0.4) is 0 Å². The molecule has 0 amide bonds. The van der Waals surface area contributed by atoms with Gasteiger partial charge in [-0.05, 0) is 0 Å². The van der Waals surface area contributed by atoms with Gasteiger partial charge in [-0.25, -0.2) is 0 Å². The molecule has 214 valence electrons. The third kappa shape index (κ3) is 6.31. The van der Waals surface area contributed by atoms with Gasteiger partial charge in [-0.15, -0.1) is 0 Å². The summed E-state index contributed by atoms with van der Waals surface area (Å²) in [7, 11) is 0. The van der Waals surface area contributed by atoms with E-state index in [2.05, 4.69) is 151 Å². The molecule has 0 heterocycles. The van der Waals surface area contributed by atoms with Crippen molar-refractivity contribution in [2.24, 2.45) is 0 Å². The normalized spacial score (nSPS) is 13.2. The maximum Gasteiger partial charge on any atom is -1.00 e. The van der Waals surface area contributed by atoms with Crippen LogP contribution in [0.4, 0.5) is 0 Å². The summed E-state index contributed by atoms with van der Waals surface area (Å²) in [4.78, 5) is 0. The Labute approximate surface area is 273 Å². The fourth-order valence-corrected chi connectivity index (χ4v) is 14.1. The predicted octanol–water partition coefficient (Wildman–Crippen LogP) is 3.22. The van der Waals surface area contributed by atoms with Gasteiger partial charge in [0.25, 0.3) is 0 Å². The Morgan fingerprint density at radius 1 is 0.619 bits per heavy atom. The average molecular weight is 671 g/mol. The largest absolute Gasteiger partial charge is 1.00 e. The second-order valence-electron chi connectivity index (χ2n) is 13.4. The maximum atomic E-state index is 2.48. The van der Waals surface area contributed by atoms with Crippen LogP contribution in [0.15, 0.2) is 113 Å². The van der Waals surface area contributed by atoms with Crippen LogP contribution in [-0.4, -0.2) is 3.21 Å². The first-order valence-electron chi connectivity index (χ1n) is 14.6. The number of halogens is 2. The molecule has 2 aliphatic carbocycles. The van der Waals surface area contributed by atoms with E-state index in [1.54, 1.807) is 15.3 Å². The molecule has 4 aromatic carbocycles. The number of allylic oxidation sites excluding steroid dienone is 4. The molecule has 2 aliphatic rings. The van der Waals surface area contributed by atoms with Gasteiger partial charge in [0.15, 0.2) is 0 Å². The summed E-state index contributed by atoms with van der Waals surface area (Å²) >= 11 is -2.61. The second kappa shape index (κ2) is 12.7. The molecule has 4 aromatic rings. The van der Waals surface area contributed by atoms with Gasteiger partial charge in [-0.2, -0.15) is 0 Å². The number of rotatable bonds is 4. The first-order valence-corrected chi connectivity index (χ1v) is 18.3. The van der Waals surface area contributed by atoms with E-state index in [0.717, 1.165) is 12.8 Å². The molecule has 0 saturated carbocycles. The summed E-state index contributed by atoms with van der Waals surface area (Å²) in [6, 6.07) is 35.3. The number of hydrogen-bond donors (Lipinski definition) is 0. The van der Waals surface area contributed by atoms with Crippen molar-refractivity contribution in [2.45, 2.75) is 65.2 Å². The zero-order valence-electron chi connectivity index (χ0n) is 25.6. The van der Waals surface area contributed by atoms with Crippen LogP contribution in [0.2, 0.25) is 0 Å². The molecule has 0 atom stereocenters. The Morgan fingerprint density at radius 3 is 1.69 bits per heavy atom. The van der Waals surface area contributed by atoms with Crippen LogP contribution in [-0.2, 0) is 38.5 Å². The molecule has 0 nitrogen and oxygen atoms in total. The van der Waals surface area contributed by atoms with E-state index in [4.69, 9.17) is 0 Å². The van der Waals surface area contributed by atoms with Crippen LogP contribution < -0.4 is 28.1 Å². The van der Waals surface area contributed by atoms with Gasteiger partial charge in [0, 0.05) is 0 Å². The number of benzene rings is 4. The van der Waals surface area contributed by atoms with E-state index in [-0.39, 0.29) is 35.6 Å². The van der Waals surface area contributed by atoms with Crippen molar-refractivity contribution < 1.29 is 46.1 Å². The van der Waals surface area contributed by atoms with Crippen LogP contribution in [0.25, 0.3) is 11.1 Å². The first-order chi connectivity index (χ1) is 19.1. The van der Waals surface area contributed by atoms with Crippen LogP contribution in [0, 0.1) is 0 Å². The van der Waals surface area contributed by atoms with Crippen molar-refractivity contribution in [3.8, 4) is 11.1 Å². The predicted molar refractivity (Wildman–Crippen MR) is 170 cm³/mol. The van der Waals surface area contributed by atoms with E-state index in [0.29, 0.717) is 0 Å². The molecule has 0 aliphatic heterocycles. The molecule has 0 fully saturated rings. The van der Waals surface area contributed by atoms with Crippen LogP contribution in [0.5, 0.6) is 0 Å². The van der Waals surface area contributed by atoms with Gasteiger partial charge in [0.05, 0.1) is 0 Å². The van der Waals surface area contributed by atoms with Crippen molar-refractivity contribution in [2.75, 3.05) is 0 Å². The first kappa shape index (κ1) is 32.6. The van der Waals surface area contributed by atoms with E-state index >= 15 is 0 Å². The molecule has 6 rings (SSSR count). The van der Waals surface area contributed by atoms with E-state index in [1.807, 2.05) is 0 Å². The Morgan fingerprint density at radius 2 is 1.17 bits per heavy atom. The molecule has 0 spiro atoms. The molecule has 0 radical (unpaired) electrons. The third-order valence-electron chi connectivity index (χ3n) is 8.54. The molecular weight excluding hydrogens is 631 g/mol. The molecule has 0 N–H and O–H groups in total. The van der Waals surface area contributed by atoms with Crippen molar-refractivity contribution in [3.05, 3.63) is 146 Å². The molecule has 0 bridgehead atoms. The maximum absolute atomic E-state index is 2.61. The van der Waals surface area contributed by atoms with Crippen molar-refractivity contribution in [3.63, 3.8) is 0 Å². The summed E-state index contributed by atoms with van der Waals surface area (Å²) < 4.78 is 4.91. The molecule has 0 aromatic heterocycles. The minimum absolute atomic E-state index is 0. The van der Waals surface area contributed by atoms with Gasteiger partial charge >= 0.3 is 250 Å². The minimum Gasteiger partial charge on any atom is -1.00 e. The zero-order chi connectivity index (χ0) is 28.1. The SMILES string of the molecule is CC(C)(C)c1ccc([C](c2ccc(C(C)(C)C)cc2)=[Zr+2]([C]2=CC=CC2)[c]2cccc3c2Cc2ccccc2-3)cc1.[Cl-].[Cl-]. The molecule has 0 saturated heterocycles. The van der Waals surface area contributed by atoms with Gasteiger partial charge in [0.1, 0.15) is 0 Å². The fraction of sp³-hybridized carbons (Fsp3) is 0.256. The summed E-state index contributed by atoms with van der Waals surface area (Å²) in [5, 5.41) is 0. The minimum atomic E-state index is -2.61. The quantitative estimate of drug-likeness (QED) is 0.276. The van der Waals surface area contributed by atoms with Crippen molar-refractivity contribution in [1.82, 2.24) is 0 Å². The molecular formula is C39H40Cl2Zr. The summed E-state index contributed by atoms with van der Waals surface area (Å²) in [6.45, 7) is 13.8. The Bertz CT molecular complexity index is 1610. The smallest absolute Gasteiger partial charge is 1.00 e. The van der Waals surface area contributed by atoms with E-state index < -0.39 is 21.3 Å². The molecule has 42 heavy (non-hydrogen) atoms. The van der Waals surface area contributed by atoms with Gasteiger partial charge in [-0.3, -0.25) is 0 Å². The average Bonchev–Trinajstić information content (AvgIpc) is 3.59. The standard InChI is InChI=1S/C21H26.C13H9.C5H5.2ClH.Zr/c1-20(2,3)18-11-7-16(8-12-18)15-17-9-13-19(14-10-17)21(4,5)6;1-3-7-12-10(5-1)9-11-6-2-4-8-13(11)12;1-2-4-5-3-1;;;/h7-14H,1-6H3;1-5,7-8H,9H2;1-3H,4H2;2*1H;/q;;;;;+2/p-2. The van der Waals surface area contributed by atoms with Gasteiger partial charge < -0.3 is 24.8 Å². The Kier molecular flexibility index (Phi) is 9.89. The van der Waals surface area contributed by atoms with Crippen LogP contribution in [0.1, 0.15) is 81.3 Å². The van der Waals surface area contributed by atoms with Crippen LogP contribution >= 0.6 is 0 Å². The second-order valence-corrected chi connectivity index (χ2v) is 19.4.